The molecule has 57 heavy (non-hydrogen) atoms. The van der Waals surface area contributed by atoms with E-state index in [1.54, 1.807) is 0 Å². The SMILES string of the molecule is CCCCCCCCCCCCCCC(=O)O[C@H](COC(=O)CCCCCCCCCCCCCCCCC(C)C)COC(=O)CCCCCCCCCC(C)C. The van der Waals surface area contributed by atoms with E-state index in [1.807, 2.05) is 0 Å². The van der Waals surface area contributed by atoms with Crippen molar-refractivity contribution in [1.29, 1.82) is 0 Å². The lowest BCUT2D eigenvalue weighted by Crippen LogP contribution is -2.30. The summed E-state index contributed by atoms with van der Waals surface area (Å²) < 4.78 is 16.8. The molecule has 0 aliphatic heterocycles. The van der Waals surface area contributed by atoms with E-state index in [9.17, 15) is 14.4 Å². The zero-order valence-corrected chi connectivity index (χ0v) is 39.0. The Labute approximate surface area is 355 Å². The number of esters is 3. The van der Waals surface area contributed by atoms with Crippen LogP contribution in [0.5, 0.6) is 0 Å². The lowest BCUT2D eigenvalue weighted by Gasteiger charge is -2.18. The summed E-state index contributed by atoms with van der Waals surface area (Å²) in [5.41, 5.74) is 0. The number of hydrogen-bond donors (Lipinski definition) is 0. The standard InChI is InChI=1S/C51H98O6/c1-6-7-8-9-10-11-12-18-22-27-33-38-43-51(54)57-48(45-56-50(53)42-37-32-28-23-25-30-35-40-47(4)5)44-55-49(52)41-36-31-26-21-19-16-14-13-15-17-20-24-29-34-39-46(2)3/h46-48H,6-45H2,1-5H3/t48-/m1/s1. The number of rotatable bonds is 45. The summed E-state index contributed by atoms with van der Waals surface area (Å²) >= 11 is 0. The number of carbonyl (C=O) groups is 3. The Hall–Kier alpha value is -1.59. The largest absolute Gasteiger partial charge is 0.462 e. The third-order valence-electron chi connectivity index (χ3n) is 11.5. The molecule has 0 bridgehead atoms. The van der Waals surface area contributed by atoms with E-state index in [0.29, 0.717) is 19.3 Å². The maximum absolute atomic E-state index is 12.7. The van der Waals surface area contributed by atoms with Crippen LogP contribution in [-0.2, 0) is 28.6 Å². The second-order valence-electron chi connectivity index (χ2n) is 18.4. The molecule has 338 valence electrons. The highest BCUT2D eigenvalue weighted by atomic mass is 16.6. The Morgan fingerprint density at radius 2 is 0.579 bits per heavy atom. The lowest BCUT2D eigenvalue weighted by molar-refractivity contribution is -0.167. The Bertz CT molecular complexity index is 870. The molecule has 0 saturated carbocycles. The monoisotopic (exact) mass is 807 g/mol. The molecule has 0 aliphatic carbocycles. The number of unbranched alkanes of at least 4 members (excludes halogenated alkanes) is 30. The van der Waals surface area contributed by atoms with E-state index in [-0.39, 0.29) is 31.1 Å². The molecule has 6 heteroatoms. The van der Waals surface area contributed by atoms with E-state index in [4.69, 9.17) is 14.2 Å². The van der Waals surface area contributed by atoms with Crippen molar-refractivity contribution in [3.8, 4) is 0 Å². The van der Waals surface area contributed by atoms with Crippen LogP contribution in [0, 0.1) is 11.8 Å². The molecule has 0 N–H and O–H groups in total. The van der Waals surface area contributed by atoms with Gasteiger partial charge in [0.25, 0.3) is 0 Å². The number of ether oxygens (including phenoxy) is 3. The smallest absolute Gasteiger partial charge is 0.306 e. The number of hydrogen-bond acceptors (Lipinski definition) is 6. The predicted molar refractivity (Wildman–Crippen MR) is 243 cm³/mol. The van der Waals surface area contributed by atoms with Gasteiger partial charge in [-0.15, -0.1) is 0 Å². The molecule has 0 spiro atoms. The van der Waals surface area contributed by atoms with Crippen LogP contribution < -0.4 is 0 Å². The molecule has 0 unspecified atom stereocenters. The van der Waals surface area contributed by atoms with E-state index >= 15 is 0 Å². The molecule has 1 atom stereocenters. The third kappa shape index (κ3) is 45.3. The molecule has 6 nitrogen and oxygen atoms in total. The minimum absolute atomic E-state index is 0.0642. The fourth-order valence-electron chi connectivity index (χ4n) is 7.64. The van der Waals surface area contributed by atoms with Gasteiger partial charge in [-0.05, 0) is 31.1 Å². The second-order valence-corrected chi connectivity index (χ2v) is 18.4. The van der Waals surface area contributed by atoms with E-state index < -0.39 is 6.10 Å². The first-order chi connectivity index (χ1) is 27.7. The van der Waals surface area contributed by atoms with Crippen molar-refractivity contribution in [3.05, 3.63) is 0 Å². The molecule has 0 aromatic rings. The Balaban J connectivity index is 4.27. The third-order valence-corrected chi connectivity index (χ3v) is 11.5. The Morgan fingerprint density at radius 3 is 0.860 bits per heavy atom. The Kier molecular flexibility index (Phi) is 42.7. The minimum Gasteiger partial charge on any atom is -0.462 e. The van der Waals surface area contributed by atoms with Gasteiger partial charge in [-0.1, -0.05) is 240 Å². The van der Waals surface area contributed by atoms with Crippen LogP contribution in [0.25, 0.3) is 0 Å². The summed E-state index contributed by atoms with van der Waals surface area (Å²) in [7, 11) is 0. The average molecular weight is 807 g/mol. The fraction of sp³-hybridized carbons (Fsp3) is 0.941. The van der Waals surface area contributed by atoms with Crippen LogP contribution in [0.4, 0.5) is 0 Å². The first-order valence-corrected chi connectivity index (χ1v) is 25.2. The highest BCUT2D eigenvalue weighted by molar-refractivity contribution is 5.71. The Morgan fingerprint density at radius 1 is 0.333 bits per heavy atom. The molecular formula is C51H98O6. The van der Waals surface area contributed by atoms with E-state index in [2.05, 4.69) is 34.6 Å². The topological polar surface area (TPSA) is 78.9 Å². The molecule has 0 aromatic carbocycles. The van der Waals surface area contributed by atoms with Crippen molar-refractivity contribution < 1.29 is 28.6 Å². The van der Waals surface area contributed by atoms with Gasteiger partial charge in [0, 0.05) is 19.3 Å². The molecule has 0 aliphatic rings. The van der Waals surface area contributed by atoms with Gasteiger partial charge >= 0.3 is 17.9 Å². The molecular weight excluding hydrogens is 709 g/mol. The summed E-state index contributed by atoms with van der Waals surface area (Å²) in [6, 6.07) is 0. The minimum atomic E-state index is -0.761. The first-order valence-electron chi connectivity index (χ1n) is 25.2. The zero-order chi connectivity index (χ0) is 41.9. The van der Waals surface area contributed by atoms with Gasteiger partial charge in [0.05, 0.1) is 0 Å². The van der Waals surface area contributed by atoms with Gasteiger partial charge in [-0.3, -0.25) is 14.4 Å². The van der Waals surface area contributed by atoms with Crippen molar-refractivity contribution in [1.82, 2.24) is 0 Å². The van der Waals surface area contributed by atoms with Gasteiger partial charge in [-0.2, -0.15) is 0 Å². The molecule has 0 heterocycles. The van der Waals surface area contributed by atoms with Crippen LogP contribution in [0.15, 0.2) is 0 Å². The molecule has 0 radical (unpaired) electrons. The summed E-state index contributed by atoms with van der Waals surface area (Å²) in [5, 5.41) is 0. The van der Waals surface area contributed by atoms with Crippen molar-refractivity contribution in [2.24, 2.45) is 11.8 Å². The van der Waals surface area contributed by atoms with Crippen molar-refractivity contribution in [3.63, 3.8) is 0 Å². The van der Waals surface area contributed by atoms with Crippen LogP contribution in [-0.4, -0.2) is 37.2 Å². The molecule has 0 rings (SSSR count). The summed E-state index contributed by atoms with van der Waals surface area (Å²) in [6.07, 6.45) is 43.8. The van der Waals surface area contributed by atoms with Crippen LogP contribution in [0.1, 0.15) is 279 Å². The highest BCUT2D eigenvalue weighted by Crippen LogP contribution is 2.17. The fourth-order valence-corrected chi connectivity index (χ4v) is 7.64. The molecule has 0 fully saturated rings. The normalized spacial score (nSPS) is 12.1. The highest BCUT2D eigenvalue weighted by Gasteiger charge is 2.19. The summed E-state index contributed by atoms with van der Waals surface area (Å²) in [5.74, 6) is 0.774. The van der Waals surface area contributed by atoms with Crippen molar-refractivity contribution in [2.45, 2.75) is 285 Å². The first kappa shape index (κ1) is 55.4. The number of carbonyl (C=O) groups excluding carboxylic acids is 3. The van der Waals surface area contributed by atoms with E-state index in [0.717, 1.165) is 69.6 Å². The van der Waals surface area contributed by atoms with Crippen LogP contribution in [0.2, 0.25) is 0 Å². The average Bonchev–Trinajstić information content (AvgIpc) is 3.18. The van der Waals surface area contributed by atoms with Gasteiger partial charge in [-0.25, -0.2) is 0 Å². The van der Waals surface area contributed by atoms with Gasteiger partial charge in [0.2, 0.25) is 0 Å². The zero-order valence-electron chi connectivity index (χ0n) is 39.0. The molecule has 0 aromatic heterocycles. The van der Waals surface area contributed by atoms with Crippen LogP contribution in [0.3, 0.4) is 0 Å². The maximum atomic E-state index is 12.7. The van der Waals surface area contributed by atoms with Gasteiger partial charge in [0.15, 0.2) is 6.10 Å². The summed E-state index contributed by atoms with van der Waals surface area (Å²) in [6.45, 7) is 11.3. The van der Waals surface area contributed by atoms with Gasteiger partial charge in [0.1, 0.15) is 13.2 Å². The lowest BCUT2D eigenvalue weighted by atomic mass is 10.0. The van der Waals surface area contributed by atoms with Crippen molar-refractivity contribution in [2.75, 3.05) is 13.2 Å². The van der Waals surface area contributed by atoms with Crippen molar-refractivity contribution >= 4 is 17.9 Å². The second kappa shape index (κ2) is 44.0. The van der Waals surface area contributed by atoms with E-state index in [1.165, 1.54) is 167 Å². The molecule has 0 amide bonds. The maximum Gasteiger partial charge on any atom is 0.306 e. The summed E-state index contributed by atoms with van der Waals surface area (Å²) in [4.78, 5) is 37.8. The molecule has 0 saturated heterocycles. The van der Waals surface area contributed by atoms with Gasteiger partial charge < -0.3 is 14.2 Å². The quantitative estimate of drug-likeness (QED) is 0.0346. The van der Waals surface area contributed by atoms with Crippen LogP contribution >= 0.6 is 0 Å². The predicted octanol–water partition coefficient (Wildman–Crippen LogP) is 16.1.